The Labute approximate surface area is 207 Å². The van der Waals surface area contributed by atoms with E-state index in [2.05, 4.69) is 6.92 Å². The molecule has 0 saturated heterocycles. The van der Waals surface area contributed by atoms with Crippen molar-refractivity contribution in [2.75, 3.05) is 0 Å². The van der Waals surface area contributed by atoms with Crippen LogP contribution in [0.1, 0.15) is 70.9 Å². The van der Waals surface area contributed by atoms with Gasteiger partial charge >= 0.3 is 5.97 Å². The van der Waals surface area contributed by atoms with E-state index in [9.17, 15) is 19.5 Å². The molecule has 186 valence electrons. The maximum atomic E-state index is 13.3. The van der Waals surface area contributed by atoms with Gasteiger partial charge in [-0.1, -0.05) is 57.7 Å². The standard InChI is InChI=1S/C29H34O6/c1-6-7-8-9-11-18(2)14-20(4)28(33)35-29(5)25(31)16-21-15-24(34-17-22(21)27(29)32)26-19(3)12-10-13-23(26)30/h10,12-18,30H,6-9,11H2,1-5H3. The lowest BCUT2D eigenvalue weighted by atomic mass is 9.80. The van der Waals surface area contributed by atoms with Gasteiger partial charge in [0, 0.05) is 5.57 Å². The average Bonchev–Trinajstić information content (AvgIpc) is 2.80. The number of aryl methyl sites for hydroxylation is 1. The number of Topliss-reactive ketones (excluding diaryl/α,β-unsaturated/α-hetero) is 1. The van der Waals surface area contributed by atoms with Gasteiger partial charge in [-0.15, -0.1) is 0 Å². The predicted octanol–water partition coefficient (Wildman–Crippen LogP) is 5.89. The Kier molecular flexibility index (Phi) is 8.15. The zero-order valence-corrected chi connectivity index (χ0v) is 21.1. The molecular formula is C29H34O6. The molecule has 1 N–H and O–H groups in total. The first-order chi connectivity index (χ1) is 16.6. The molecule has 2 aliphatic rings. The van der Waals surface area contributed by atoms with Crippen molar-refractivity contribution in [3.05, 3.63) is 70.5 Å². The Hall–Kier alpha value is -3.41. The molecule has 1 aromatic rings. The van der Waals surface area contributed by atoms with Crippen molar-refractivity contribution >= 4 is 23.3 Å². The van der Waals surface area contributed by atoms with Crippen LogP contribution in [0.25, 0.3) is 5.76 Å². The van der Waals surface area contributed by atoms with Gasteiger partial charge in [0.25, 0.3) is 0 Å². The van der Waals surface area contributed by atoms with Crippen molar-refractivity contribution in [1.82, 2.24) is 0 Å². The Morgan fingerprint density at radius 3 is 2.63 bits per heavy atom. The Bertz CT molecular complexity index is 1130. The largest absolute Gasteiger partial charge is 0.507 e. The van der Waals surface area contributed by atoms with Crippen LogP contribution in [-0.2, 0) is 23.9 Å². The fourth-order valence-electron chi connectivity index (χ4n) is 4.33. The molecule has 6 nitrogen and oxygen atoms in total. The molecule has 3 rings (SSSR count). The van der Waals surface area contributed by atoms with Crippen molar-refractivity contribution in [3.63, 3.8) is 0 Å². The number of phenolic OH excluding ortho intramolecular Hbond substituents is 1. The molecule has 0 amide bonds. The second kappa shape index (κ2) is 10.9. The van der Waals surface area contributed by atoms with E-state index in [-0.39, 0.29) is 17.2 Å². The number of allylic oxidation sites excluding steroid dienone is 3. The first-order valence-electron chi connectivity index (χ1n) is 12.2. The van der Waals surface area contributed by atoms with Crippen LogP contribution in [0.2, 0.25) is 0 Å². The van der Waals surface area contributed by atoms with Gasteiger partial charge in [-0.25, -0.2) is 4.79 Å². The Morgan fingerprint density at radius 2 is 1.94 bits per heavy atom. The number of hydrogen-bond acceptors (Lipinski definition) is 6. The fourth-order valence-corrected chi connectivity index (χ4v) is 4.33. The van der Waals surface area contributed by atoms with Gasteiger partial charge in [0.1, 0.15) is 17.8 Å². The number of rotatable bonds is 9. The van der Waals surface area contributed by atoms with Crippen molar-refractivity contribution < 1.29 is 29.0 Å². The number of unbranched alkanes of at least 4 members (excludes halogenated alkanes) is 3. The molecule has 2 atom stereocenters. The summed E-state index contributed by atoms with van der Waals surface area (Å²) in [6.45, 7) is 8.98. The summed E-state index contributed by atoms with van der Waals surface area (Å²) in [4.78, 5) is 39.1. The normalized spacial score (nSPS) is 20.8. The van der Waals surface area contributed by atoms with Crippen LogP contribution in [-0.4, -0.2) is 28.2 Å². The fraction of sp³-hybridized carbons (Fsp3) is 0.414. The summed E-state index contributed by atoms with van der Waals surface area (Å²) in [5, 5.41) is 10.3. The summed E-state index contributed by atoms with van der Waals surface area (Å²) in [5.74, 6) is -1.41. The highest BCUT2D eigenvalue weighted by molar-refractivity contribution is 6.27. The number of aromatic hydroxyl groups is 1. The molecule has 0 bridgehead atoms. The first-order valence-corrected chi connectivity index (χ1v) is 12.2. The molecule has 1 aliphatic carbocycles. The van der Waals surface area contributed by atoms with E-state index in [1.165, 1.54) is 38.2 Å². The van der Waals surface area contributed by atoms with E-state index in [1.807, 2.05) is 26.0 Å². The van der Waals surface area contributed by atoms with E-state index >= 15 is 0 Å². The van der Waals surface area contributed by atoms with Crippen LogP contribution in [0.4, 0.5) is 0 Å². The van der Waals surface area contributed by atoms with E-state index in [1.54, 1.807) is 19.1 Å². The lowest BCUT2D eigenvalue weighted by Crippen LogP contribution is -2.50. The number of esters is 1. The zero-order chi connectivity index (χ0) is 25.8. The van der Waals surface area contributed by atoms with Crippen LogP contribution < -0.4 is 0 Å². The third kappa shape index (κ3) is 5.64. The summed E-state index contributed by atoms with van der Waals surface area (Å²) in [6.07, 6.45) is 11.5. The van der Waals surface area contributed by atoms with Gasteiger partial charge in [-0.2, -0.15) is 0 Å². The molecular weight excluding hydrogens is 444 g/mol. The number of carbonyl (C=O) groups is 3. The average molecular weight is 479 g/mol. The summed E-state index contributed by atoms with van der Waals surface area (Å²) in [7, 11) is 0. The van der Waals surface area contributed by atoms with Gasteiger partial charge in [0.15, 0.2) is 0 Å². The molecule has 6 heteroatoms. The first kappa shape index (κ1) is 26.2. The predicted molar refractivity (Wildman–Crippen MR) is 134 cm³/mol. The number of phenols is 1. The quantitative estimate of drug-likeness (QED) is 0.206. The van der Waals surface area contributed by atoms with Crippen molar-refractivity contribution in [1.29, 1.82) is 0 Å². The van der Waals surface area contributed by atoms with Crippen LogP contribution >= 0.6 is 0 Å². The van der Waals surface area contributed by atoms with Gasteiger partial charge in [-0.3, -0.25) is 9.59 Å². The molecule has 1 heterocycles. The smallest absolute Gasteiger partial charge is 0.334 e. The summed E-state index contributed by atoms with van der Waals surface area (Å²) in [6, 6.07) is 5.08. The topological polar surface area (TPSA) is 89.9 Å². The zero-order valence-electron chi connectivity index (χ0n) is 21.1. The van der Waals surface area contributed by atoms with Gasteiger partial charge < -0.3 is 14.6 Å². The highest BCUT2D eigenvalue weighted by Gasteiger charge is 2.49. The van der Waals surface area contributed by atoms with Crippen molar-refractivity contribution in [3.8, 4) is 5.75 Å². The second-order valence-corrected chi connectivity index (χ2v) is 9.52. The molecule has 0 spiro atoms. The maximum absolute atomic E-state index is 13.3. The Balaban J connectivity index is 1.78. The van der Waals surface area contributed by atoms with Crippen LogP contribution in [0.15, 0.2) is 59.4 Å². The number of benzene rings is 1. The molecule has 1 aromatic carbocycles. The lowest BCUT2D eigenvalue weighted by molar-refractivity contribution is -0.165. The Morgan fingerprint density at radius 1 is 1.20 bits per heavy atom. The molecule has 0 saturated carbocycles. The minimum Gasteiger partial charge on any atom is -0.507 e. The summed E-state index contributed by atoms with van der Waals surface area (Å²) >= 11 is 0. The van der Waals surface area contributed by atoms with Gasteiger partial charge in [0.05, 0.1) is 11.1 Å². The van der Waals surface area contributed by atoms with Crippen LogP contribution in [0.5, 0.6) is 5.75 Å². The number of hydrogen-bond donors (Lipinski definition) is 1. The molecule has 2 unspecified atom stereocenters. The maximum Gasteiger partial charge on any atom is 0.334 e. The van der Waals surface area contributed by atoms with E-state index in [4.69, 9.17) is 9.47 Å². The third-order valence-electron chi connectivity index (χ3n) is 6.50. The van der Waals surface area contributed by atoms with Crippen LogP contribution in [0.3, 0.4) is 0 Å². The molecule has 1 aliphatic heterocycles. The third-order valence-corrected chi connectivity index (χ3v) is 6.50. The monoisotopic (exact) mass is 478 g/mol. The van der Waals surface area contributed by atoms with E-state index < -0.39 is 23.1 Å². The van der Waals surface area contributed by atoms with Gasteiger partial charge in [0.2, 0.25) is 17.2 Å². The van der Waals surface area contributed by atoms with E-state index in [0.29, 0.717) is 22.5 Å². The molecule has 35 heavy (non-hydrogen) atoms. The summed E-state index contributed by atoms with van der Waals surface area (Å²) in [5.41, 5.74) is 0.158. The number of carbonyl (C=O) groups excluding carboxylic acids is 3. The lowest BCUT2D eigenvalue weighted by Gasteiger charge is -2.31. The second-order valence-electron chi connectivity index (χ2n) is 9.52. The summed E-state index contributed by atoms with van der Waals surface area (Å²) < 4.78 is 11.2. The minimum atomic E-state index is -1.97. The van der Waals surface area contributed by atoms with Crippen molar-refractivity contribution in [2.45, 2.75) is 72.3 Å². The van der Waals surface area contributed by atoms with Gasteiger partial charge in [-0.05, 0) is 62.5 Å². The molecule has 0 radical (unpaired) electrons. The highest BCUT2D eigenvalue weighted by atomic mass is 16.6. The number of fused-ring (bicyclic) bond motifs is 1. The number of ether oxygens (including phenoxy) is 2. The van der Waals surface area contributed by atoms with Crippen LogP contribution in [0, 0.1) is 12.8 Å². The van der Waals surface area contributed by atoms with Crippen molar-refractivity contribution in [2.24, 2.45) is 5.92 Å². The minimum absolute atomic E-state index is 0.0304. The SMILES string of the molecule is CCCCCCC(C)C=C(C)C(=O)OC1(C)C(=O)C=C2C=C(c3c(C)cccc3O)OC=C2C1=O. The molecule has 0 aromatic heterocycles. The van der Waals surface area contributed by atoms with E-state index in [0.717, 1.165) is 24.8 Å². The highest BCUT2D eigenvalue weighted by Crippen LogP contribution is 2.38. The number of ketones is 2. The molecule has 0 fully saturated rings.